The van der Waals surface area contributed by atoms with Gasteiger partial charge in [0.05, 0.1) is 0 Å². The molecule has 0 aromatic heterocycles. The normalized spacial score (nSPS) is 21.9. The summed E-state index contributed by atoms with van der Waals surface area (Å²) in [5.74, 6) is 1.05. The van der Waals surface area contributed by atoms with Crippen LogP contribution in [0.2, 0.25) is 0 Å². The molecule has 0 aromatic rings. The van der Waals surface area contributed by atoms with Crippen LogP contribution in [0.3, 0.4) is 0 Å². The third-order valence-corrected chi connectivity index (χ3v) is 4.60. The lowest BCUT2D eigenvalue weighted by atomic mass is 9.72. The van der Waals surface area contributed by atoms with Crippen molar-refractivity contribution in [1.82, 2.24) is 0 Å². The van der Waals surface area contributed by atoms with Gasteiger partial charge in [-0.3, -0.25) is 0 Å². The minimum Gasteiger partial charge on any atom is -0.192 e. The van der Waals surface area contributed by atoms with E-state index < -0.39 is 0 Å². The Hall–Kier alpha value is -1.28. The van der Waals surface area contributed by atoms with Crippen LogP contribution in [0.5, 0.6) is 0 Å². The third kappa shape index (κ3) is 2.94. The first-order valence-corrected chi connectivity index (χ1v) is 7.41. The van der Waals surface area contributed by atoms with Gasteiger partial charge < -0.3 is 0 Å². The Kier molecular flexibility index (Phi) is 4.82. The molecule has 0 saturated heterocycles. The average Bonchev–Trinajstić information content (AvgIpc) is 2.46. The molecule has 0 aromatic carbocycles. The molecule has 2 aliphatic rings. The Morgan fingerprint density at radius 3 is 1.39 bits per heavy atom. The van der Waals surface area contributed by atoms with Crippen LogP contribution < -0.4 is 0 Å². The topological polar surface area (TPSA) is 47.6 Å². The lowest BCUT2D eigenvalue weighted by molar-refractivity contribution is 0.325. The minimum atomic E-state index is 0.439. The second kappa shape index (κ2) is 6.60. The second-order valence-electron chi connectivity index (χ2n) is 5.72. The van der Waals surface area contributed by atoms with Crippen molar-refractivity contribution in [2.75, 3.05) is 0 Å². The van der Waals surface area contributed by atoms with E-state index in [9.17, 15) is 10.5 Å². The molecule has 0 heterocycles. The van der Waals surface area contributed by atoms with Crippen LogP contribution in [0.1, 0.15) is 64.2 Å². The largest absolute Gasteiger partial charge is 0.192 e. The van der Waals surface area contributed by atoms with Gasteiger partial charge in [0.25, 0.3) is 0 Å². The summed E-state index contributed by atoms with van der Waals surface area (Å²) in [5.41, 5.74) is 1.67. The molecular formula is C16H22N2. The maximum Gasteiger partial charge on any atom is 0.129 e. The van der Waals surface area contributed by atoms with Gasteiger partial charge in [-0.25, -0.2) is 0 Å². The van der Waals surface area contributed by atoms with Gasteiger partial charge in [-0.05, 0) is 43.1 Å². The number of rotatable bonds is 2. The Labute approximate surface area is 110 Å². The Balaban J connectivity index is 2.25. The van der Waals surface area contributed by atoms with Gasteiger partial charge in [-0.1, -0.05) is 38.5 Å². The lowest BCUT2D eigenvalue weighted by Gasteiger charge is -2.32. The maximum absolute atomic E-state index is 9.23. The molecule has 0 spiro atoms. The summed E-state index contributed by atoms with van der Waals surface area (Å²) < 4.78 is 0. The van der Waals surface area contributed by atoms with Gasteiger partial charge in [0.15, 0.2) is 0 Å². The van der Waals surface area contributed by atoms with E-state index in [2.05, 4.69) is 12.1 Å². The molecule has 2 fully saturated rings. The summed E-state index contributed by atoms with van der Waals surface area (Å²) in [6.45, 7) is 0. The molecule has 0 radical (unpaired) electrons. The fraction of sp³-hybridized carbons (Fsp3) is 0.750. The molecule has 0 aliphatic heterocycles. The van der Waals surface area contributed by atoms with Crippen molar-refractivity contribution >= 4 is 0 Å². The number of nitriles is 2. The predicted octanol–water partition coefficient (Wildman–Crippen LogP) is 4.49. The van der Waals surface area contributed by atoms with Gasteiger partial charge in [-0.15, -0.1) is 0 Å². The van der Waals surface area contributed by atoms with Crippen LogP contribution in [0.4, 0.5) is 0 Å². The van der Waals surface area contributed by atoms with Gasteiger partial charge in [0.2, 0.25) is 0 Å². The molecule has 0 amide bonds. The molecule has 0 atom stereocenters. The zero-order chi connectivity index (χ0) is 12.8. The maximum atomic E-state index is 9.23. The third-order valence-electron chi connectivity index (χ3n) is 4.60. The number of nitrogens with zero attached hydrogens (tertiary/aromatic N) is 2. The standard InChI is InChI=1S/C16H22N2/c17-11-15(12-18)16(13-7-3-1-4-8-13)14-9-5-2-6-10-14/h13-14H,1-10H2. The monoisotopic (exact) mass is 242 g/mol. The van der Waals surface area contributed by atoms with Crippen molar-refractivity contribution in [2.24, 2.45) is 11.8 Å². The van der Waals surface area contributed by atoms with E-state index in [-0.39, 0.29) is 0 Å². The molecule has 2 saturated carbocycles. The molecule has 2 aliphatic carbocycles. The van der Waals surface area contributed by atoms with E-state index in [1.54, 1.807) is 0 Å². The van der Waals surface area contributed by atoms with E-state index in [1.807, 2.05) is 0 Å². The zero-order valence-electron chi connectivity index (χ0n) is 11.1. The highest BCUT2D eigenvalue weighted by Crippen LogP contribution is 2.40. The first kappa shape index (κ1) is 13.2. The molecule has 0 N–H and O–H groups in total. The molecule has 2 heteroatoms. The highest BCUT2D eigenvalue weighted by molar-refractivity contribution is 5.42. The number of hydrogen-bond donors (Lipinski definition) is 0. The Morgan fingerprint density at radius 2 is 1.06 bits per heavy atom. The summed E-state index contributed by atoms with van der Waals surface area (Å²) in [4.78, 5) is 0. The van der Waals surface area contributed by atoms with E-state index in [0.29, 0.717) is 17.4 Å². The average molecular weight is 242 g/mol. The number of allylic oxidation sites excluding steroid dienone is 2. The fourth-order valence-corrected chi connectivity index (χ4v) is 3.72. The van der Waals surface area contributed by atoms with E-state index in [4.69, 9.17) is 0 Å². The highest BCUT2D eigenvalue weighted by Gasteiger charge is 2.28. The molecular weight excluding hydrogens is 220 g/mol. The van der Waals surface area contributed by atoms with Crippen LogP contribution >= 0.6 is 0 Å². The van der Waals surface area contributed by atoms with Crippen LogP contribution in [-0.4, -0.2) is 0 Å². The second-order valence-corrected chi connectivity index (χ2v) is 5.72. The van der Waals surface area contributed by atoms with Crippen molar-refractivity contribution in [3.05, 3.63) is 11.1 Å². The van der Waals surface area contributed by atoms with Crippen LogP contribution in [0.15, 0.2) is 11.1 Å². The van der Waals surface area contributed by atoms with Crippen LogP contribution in [-0.2, 0) is 0 Å². The van der Waals surface area contributed by atoms with Gasteiger partial charge in [0, 0.05) is 0 Å². The first-order valence-electron chi connectivity index (χ1n) is 7.41. The fourth-order valence-electron chi connectivity index (χ4n) is 3.72. The smallest absolute Gasteiger partial charge is 0.129 e. The van der Waals surface area contributed by atoms with Crippen molar-refractivity contribution in [3.8, 4) is 12.1 Å². The van der Waals surface area contributed by atoms with Gasteiger partial charge >= 0.3 is 0 Å². The Morgan fingerprint density at radius 1 is 0.667 bits per heavy atom. The molecule has 0 bridgehead atoms. The van der Waals surface area contributed by atoms with Crippen molar-refractivity contribution < 1.29 is 0 Å². The SMILES string of the molecule is N#CC(C#N)=C(C1CCCCC1)C1CCCCC1. The quantitative estimate of drug-likeness (QED) is 0.670. The van der Waals surface area contributed by atoms with E-state index >= 15 is 0 Å². The molecule has 2 nitrogen and oxygen atoms in total. The van der Waals surface area contributed by atoms with Crippen molar-refractivity contribution in [2.45, 2.75) is 64.2 Å². The summed E-state index contributed by atoms with van der Waals surface area (Å²) in [6.07, 6.45) is 12.5. The zero-order valence-corrected chi connectivity index (χ0v) is 11.1. The predicted molar refractivity (Wildman–Crippen MR) is 71.4 cm³/mol. The molecule has 18 heavy (non-hydrogen) atoms. The van der Waals surface area contributed by atoms with Crippen LogP contribution in [0, 0.1) is 34.5 Å². The van der Waals surface area contributed by atoms with Crippen molar-refractivity contribution in [1.29, 1.82) is 10.5 Å². The summed E-state index contributed by atoms with van der Waals surface area (Å²) in [7, 11) is 0. The number of hydrogen-bond acceptors (Lipinski definition) is 2. The van der Waals surface area contributed by atoms with Crippen molar-refractivity contribution in [3.63, 3.8) is 0 Å². The van der Waals surface area contributed by atoms with E-state index in [0.717, 1.165) is 0 Å². The van der Waals surface area contributed by atoms with Crippen LogP contribution in [0.25, 0.3) is 0 Å². The van der Waals surface area contributed by atoms with E-state index in [1.165, 1.54) is 69.8 Å². The summed E-state index contributed by atoms with van der Waals surface area (Å²) >= 11 is 0. The molecule has 0 unspecified atom stereocenters. The summed E-state index contributed by atoms with van der Waals surface area (Å²) in [6, 6.07) is 4.33. The molecule has 2 rings (SSSR count). The first-order chi connectivity index (χ1) is 8.86. The summed E-state index contributed by atoms with van der Waals surface area (Å²) in [5, 5.41) is 18.5. The highest BCUT2D eigenvalue weighted by atomic mass is 14.4. The lowest BCUT2D eigenvalue weighted by Crippen LogP contribution is -2.20. The minimum absolute atomic E-state index is 0.439. The molecule has 96 valence electrons. The Bertz CT molecular complexity index is 346. The van der Waals surface area contributed by atoms with Gasteiger partial charge in [-0.2, -0.15) is 10.5 Å². The van der Waals surface area contributed by atoms with Gasteiger partial charge in [0.1, 0.15) is 17.7 Å².